The molecule has 3 unspecified atom stereocenters. The number of likely N-dealkylation sites (tertiary alicyclic amines) is 1. The minimum absolute atomic E-state index is 0.0743. The van der Waals surface area contributed by atoms with E-state index in [9.17, 15) is 14.4 Å². The van der Waals surface area contributed by atoms with Gasteiger partial charge in [0.15, 0.2) is 0 Å². The number of hydrogen-bond donors (Lipinski definition) is 1. The average molecular weight is 364 g/mol. The van der Waals surface area contributed by atoms with E-state index in [1.54, 1.807) is 0 Å². The molecular formula is C20H32N2O4. The fraction of sp³-hybridized carbons (Fsp3) is 0.850. The number of hydrogen-bond acceptors (Lipinski definition) is 3. The van der Waals surface area contributed by atoms with Crippen molar-refractivity contribution in [1.82, 2.24) is 9.80 Å². The number of rotatable bonds is 5. The van der Waals surface area contributed by atoms with Crippen LogP contribution in [0.3, 0.4) is 0 Å². The first-order valence-electron chi connectivity index (χ1n) is 10.2. The van der Waals surface area contributed by atoms with E-state index >= 15 is 0 Å². The Kier molecular flexibility index (Phi) is 6.20. The van der Waals surface area contributed by atoms with Gasteiger partial charge in [0.1, 0.15) is 6.54 Å². The molecule has 0 aromatic carbocycles. The molecule has 1 N–H and O–H groups in total. The largest absolute Gasteiger partial charge is 0.480 e. The first kappa shape index (κ1) is 19.2. The van der Waals surface area contributed by atoms with E-state index in [0.717, 1.165) is 31.7 Å². The van der Waals surface area contributed by atoms with Gasteiger partial charge in [-0.2, -0.15) is 0 Å². The summed E-state index contributed by atoms with van der Waals surface area (Å²) in [7, 11) is 0. The lowest BCUT2D eigenvalue weighted by molar-refractivity contribution is -0.145. The highest BCUT2D eigenvalue weighted by Gasteiger charge is 2.48. The summed E-state index contributed by atoms with van der Waals surface area (Å²) in [5.74, 6) is 0.692. The molecular weight excluding hydrogens is 332 g/mol. The zero-order valence-corrected chi connectivity index (χ0v) is 15.9. The molecule has 3 aliphatic rings. The third-order valence-corrected chi connectivity index (χ3v) is 6.57. The monoisotopic (exact) mass is 364 g/mol. The van der Waals surface area contributed by atoms with Crippen LogP contribution in [0, 0.1) is 17.8 Å². The quantitative estimate of drug-likeness (QED) is 0.813. The third-order valence-electron chi connectivity index (χ3n) is 6.57. The first-order chi connectivity index (χ1) is 12.5. The third kappa shape index (κ3) is 4.57. The van der Waals surface area contributed by atoms with Crippen LogP contribution >= 0.6 is 0 Å². The van der Waals surface area contributed by atoms with Crippen LogP contribution in [-0.4, -0.2) is 58.4 Å². The van der Waals surface area contributed by atoms with Crippen LogP contribution in [0.25, 0.3) is 0 Å². The second-order valence-corrected chi connectivity index (χ2v) is 8.35. The maximum absolute atomic E-state index is 12.9. The van der Waals surface area contributed by atoms with Crippen molar-refractivity contribution < 1.29 is 19.5 Å². The molecule has 1 heterocycles. The molecule has 1 saturated heterocycles. The maximum atomic E-state index is 12.9. The average Bonchev–Trinajstić information content (AvgIpc) is 3.43. The smallest absolute Gasteiger partial charge is 0.323 e. The van der Waals surface area contributed by atoms with E-state index in [2.05, 4.69) is 0 Å². The van der Waals surface area contributed by atoms with Gasteiger partial charge in [0, 0.05) is 32.0 Å². The highest BCUT2D eigenvalue weighted by molar-refractivity contribution is 5.82. The number of aliphatic carboxylic acids is 1. The van der Waals surface area contributed by atoms with Crippen molar-refractivity contribution in [2.24, 2.45) is 17.8 Å². The van der Waals surface area contributed by atoms with Gasteiger partial charge in [-0.15, -0.1) is 0 Å². The van der Waals surface area contributed by atoms with Crippen LogP contribution in [0.1, 0.15) is 64.7 Å². The van der Waals surface area contributed by atoms with Crippen molar-refractivity contribution in [2.45, 2.75) is 70.8 Å². The molecule has 3 fully saturated rings. The molecule has 2 saturated carbocycles. The fourth-order valence-corrected chi connectivity index (χ4v) is 5.07. The zero-order valence-electron chi connectivity index (χ0n) is 15.9. The molecule has 3 atom stereocenters. The highest BCUT2D eigenvalue weighted by Crippen LogP contribution is 2.50. The van der Waals surface area contributed by atoms with Gasteiger partial charge in [-0.05, 0) is 37.5 Å². The van der Waals surface area contributed by atoms with Crippen molar-refractivity contribution in [3.8, 4) is 0 Å². The topological polar surface area (TPSA) is 77.9 Å². The molecule has 146 valence electrons. The summed E-state index contributed by atoms with van der Waals surface area (Å²) in [6, 6.07) is -0.0743. The van der Waals surface area contributed by atoms with Gasteiger partial charge in [0.2, 0.25) is 11.8 Å². The van der Waals surface area contributed by atoms with E-state index in [0.29, 0.717) is 24.8 Å². The van der Waals surface area contributed by atoms with Gasteiger partial charge in [-0.25, -0.2) is 0 Å². The Balaban J connectivity index is 1.52. The molecule has 26 heavy (non-hydrogen) atoms. The summed E-state index contributed by atoms with van der Waals surface area (Å²) in [5, 5.41) is 9.05. The summed E-state index contributed by atoms with van der Waals surface area (Å²) >= 11 is 0. The standard InChI is InChI=1S/C20H32N2O4/c1-14(23)22(13-19(24)25)16-8-5-10-21(11-9-16)20(26)18-12-17(18)15-6-3-2-4-7-15/h15-18H,2-13H2,1H3,(H,24,25). The Morgan fingerprint density at radius 2 is 1.73 bits per heavy atom. The van der Waals surface area contributed by atoms with Crippen molar-refractivity contribution in [3.05, 3.63) is 0 Å². The molecule has 1 aliphatic heterocycles. The summed E-state index contributed by atoms with van der Waals surface area (Å²) in [5.41, 5.74) is 0. The highest BCUT2D eigenvalue weighted by atomic mass is 16.4. The van der Waals surface area contributed by atoms with Gasteiger partial charge in [-0.3, -0.25) is 14.4 Å². The lowest BCUT2D eigenvalue weighted by Crippen LogP contribution is -2.43. The number of amides is 2. The second-order valence-electron chi connectivity index (χ2n) is 8.35. The van der Waals surface area contributed by atoms with Gasteiger partial charge >= 0.3 is 5.97 Å². The predicted octanol–water partition coefficient (Wildman–Crippen LogP) is 2.52. The molecule has 2 amide bonds. The number of carbonyl (C=O) groups excluding carboxylic acids is 2. The van der Waals surface area contributed by atoms with E-state index in [1.165, 1.54) is 43.9 Å². The summed E-state index contributed by atoms with van der Waals surface area (Å²) in [4.78, 5) is 39.2. The van der Waals surface area contributed by atoms with E-state index in [1.807, 2.05) is 4.90 Å². The fourth-order valence-electron chi connectivity index (χ4n) is 5.07. The predicted molar refractivity (Wildman–Crippen MR) is 97.4 cm³/mol. The number of carbonyl (C=O) groups is 3. The second kappa shape index (κ2) is 8.40. The van der Waals surface area contributed by atoms with Crippen LogP contribution in [0.4, 0.5) is 0 Å². The Bertz CT molecular complexity index is 544. The molecule has 6 nitrogen and oxygen atoms in total. The van der Waals surface area contributed by atoms with E-state index in [-0.39, 0.29) is 24.4 Å². The van der Waals surface area contributed by atoms with Crippen LogP contribution in [0.2, 0.25) is 0 Å². The Morgan fingerprint density at radius 1 is 1.00 bits per heavy atom. The first-order valence-corrected chi connectivity index (χ1v) is 10.2. The zero-order chi connectivity index (χ0) is 18.7. The maximum Gasteiger partial charge on any atom is 0.323 e. The van der Waals surface area contributed by atoms with Gasteiger partial charge < -0.3 is 14.9 Å². The molecule has 0 aromatic rings. The molecule has 0 spiro atoms. The Labute approximate surface area is 155 Å². The van der Waals surface area contributed by atoms with Crippen LogP contribution in [-0.2, 0) is 14.4 Å². The molecule has 2 aliphatic carbocycles. The SMILES string of the molecule is CC(=O)N(CC(=O)O)C1CCCN(C(=O)C2CC2C2CCCCC2)CC1. The van der Waals surface area contributed by atoms with Crippen molar-refractivity contribution in [2.75, 3.05) is 19.6 Å². The molecule has 6 heteroatoms. The summed E-state index contributed by atoms with van der Waals surface area (Å²) in [6.45, 7) is 2.55. The lowest BCUT2D eigenvalue weighted by atomic mass is 9.85. The van der Waals surface area contributed by atoms with Gasteiger partial charge in [0.25, 0.3) is 0 Å². The minimum Gasteiger partial charge on any atom is -0.480 e. The van der Waals surface area contributed by atoms with Crippen LogP contribution in [0.15, 0.2) is 0 Å². The van der Waals surface area contributed by atoms with Crippen molar-refractivity contribution >= 4 is 17.8 Å². The van der Waals surface area contributed by atoms with Gasteiger partial charge in [0.05, 0.1) is 0 Å². The molecule has 0 radical (unpaired) electrons. The minimum atomic E-state index is -0.981. The van der Waals surface area contributed by atoms with E-state index < -0.39 is 5.97 Å². The summed E-state index contributed by atoms with van der Waals surface area (Å²) < 4.78 is 0. The van der Waals surface area contributed by atoms with E-state index in [4.69, 9.17) is 5.11 Å². The van der Waals surface area contributed by atoms with Crippen molar-refractivity contribution in [1.29, 1.82) is 0 Å². The molecule has 0 bridgehead atoms. The van der Waals surface area contributed by atoms with Crippen LogP contribution in [0.5, 0.6) is 0 Å². The number of nitrogens with zero attached hydrogens (tertiary/aromatic N) is 2. The lowest BCUT2D eigenvalue weighted by Gasteiger charge is -2.29. The number of carboxylic acids is 1. The summed E-state index contributed by atoms with van der Waals surface area (Å²) in [6.07, 6.45) is 9.90. The van der Waals surface area contributed by atoms with Crippen molar-refractivity contribution in [3.63, 3.8) is 0 Å². The molecule has 0 aromatic heterocycles. The molecule has 3 rings (SSSR count). The van der Waals surface area contributed by atoms with Gasteiger partial charge in [-0.1, -0.05) is 32.1 Å². The Hall–Kier alpha value is -1.59. The van der Waals surface area contributed by atoms with Crippen LogP contribution < -0.4 is 0 Å². The number of carboxylic acid groups (broad SMARTS) is 1. The Morgan fingerprint density at radius 3 is 2.38 bits per heavy atom. The normalized spacial score (nSPS) is 29.7.